The highest BCUT2D eigenvalue weighted by atomic mass is 16.1. The molecule has 0 saturated carbocycles. The highest BCUT2D eigenvalue weighted by molar-refractivity contribution is 5.95. The predicted molar refractivity (Wildman–Crippen MR) is 98.6 cm³/mol. The molecule has 0 fully saturated rings. The number of carbonyl (C=O) groups excluding carboxylic acids is 1. The van der Waals surface area contributed by atoms with E-state index in [0.29, 0.717) is 18.7 Å². The highest BCUT2D eigenvalue weighted by Crippen LogP contribution is 2.14. The molecule has 0 unspecified atom stereocenters. The van der Waals surface area contributed by atoms with Crippen molar-refractivity contribution in [2.24, 2.45) is 0 Å². The largest absolute Gasteiger partial charge is 0.350 e. The average molecular weight is 348 g/mol. The Morgan fingerprint density at radius 2 is 1.96 bits per heavy atom. The van der Waals surface area contributed by atoms with Crippen molar-refractivity contribution in [1.82, 2.24) is 29.3 Å². The van der Waals surface area contributed by atoms with Crippen LogP contribution in [-0.4, -0.2) is 36.4 Å². The number of imidazole rings is 1. The first kappa shape index (κ1) is 16.1. The fourth-order valence-electron chi connectivity index (χ4n) is 3.08. The van der Waals surface area contributed by atoms with Gasteiger partial charge in [0, 0.05) is 31.5 Å². The first-order valence-electron chi connectivity index (χ1n) is 8.53. The van der Waals surface area contributed by atoms with Gasteiger partial charge in [0.25, 0.3) is 5.91 Å². The van der Waals surface area contributed by atoms with Crippen molar-refractivity contribution in [2.75, 3.05) is 6.54 Å². The summed E-state index contributed by atoms with van der Waals surface area (Å²) in [7, 11) is 0. The summed E-state index contributed by atoms with van der Waals surface area (Å²) in [4.78, 5) is 12.5. The Hall–Kier alpha value is -3.35. The number of rotatable bonds is 5. The first-order chi connectivity index (χ1) is 12.6. The number of nitrogens with zero attached hydrogens (tertiary/aromatic N) is 5. The average Bonchev–Trinajstić information content (AvgIpc) is 3.30. The molecule has 3 heterocycles. The third kappa shape index (κ3) is 2.88. The summed E-state index contributed by atoms with van der Waals surface area (Å²) < 4.78 is 5.69. The maximum Gasteiger partial charge on any atom is 0.254 e. The van der Waals surface area contributed by atoms with Gasteiger partial charge in [0.15, 0.2) is 0 Å². The number of amides is 1. The summed E-state index contributed by atoms with van der Waals surface area (Å²) in [5.74, 6) is -0.113. The van der Waals surface area contributed by atoms with Crippen LogP contribution >= 0.6 is 0 Å². The molecule has 1 aromatic carbocycles. The van der Waals surface area contributed by atoms with Crippen LogP contribution in [0, 0.1) is 13.8 Å². The van der Waals surface area contributed by atoms with Crippen LogP contribution in [-0.2, 0) is 6.54 Å². The van der Waals surface area contributed by atoms with Gasteiger partial charge in [-0.25, -0.2) is 9.20 Å². The SMILES string of the molecule is Cc1cc2n(CCNC(=O)c3cnn(-c4ccccc4)c3C)ccn2n1. The second-order valence-electron chi connectivity index (χ2n) is 6.23. The minimum absolute atomic E-state index is 0.113. The molecule has 26 heavy (non-hydrogen) atoms. The number of hydrogen-bond acceptors (Lipinski definition) is 3. The van der Waals surface area contributed by atoms with Crippen LogP contribution < -0.4 is 5.32 Å². The molecule has 132 valence electrons. The summed E-state index contributed by atoms with van der Waals surface area (Å²) in [5, 5.41) is 11.7. The normalized spacial score (nSPS) is 11.2. The van der Waals surface area contributed by atoms with Gasteiger partial charge >= 0.3 is 0 Å². The van der Waals surface area contributed by atoms with E-state index >= 15 is 0 Å². The van der Waals surface area contributed by atoms with Crippen molar-refractivity contribution in [1.29, 1.82) is 0 Å². The lowest BCUT2D eigenvalue weighted by Gasteiger charge is -2.07. The molecule has 7 heteroatoms. The van der Waals surface area contributed by atoms with Crippen LogP contribution in [0.3, 0.4) is 0 Å². The molecule has 0 aliphatic carbocycles. The molecule has 4 aromatic rings. The van der Waals surface area contributed by atoms with E-state index < -0.39 is 0 Å². The monoisotopic (exact) mass is 348 g/mol. The molecule has 0 atom stereocenters. The van der Waals surface area contributed by atoms with Gasteiger partial charge in [0.2, 0.25) is 0 Å². The smallest absolute Gasteiger partial charge is 0.254 e. The number of fused-ring (bicyclic) bond motifs is 1. The van der Waals surface area contributed by atoms with Crippen molar-refractivity contribution in [3.05, 3.63) is 71.9 Å². The Kier molecular flexibility index (Phi) is 4.04. The van der Waals surface area contributed by atoms with Crippen LogP contribution in [0.5, 0.6) is 0 Å². The third-order valence-corrected chi connectivity index (χ3v) is 4.41. The maximum absolute atomic E-state index is 12.5. The van der Waals surface area contributed by atoms with E-state index in [1.165, 1.54) is 0 Å². The standard InChI is InChI=1S/C19H20N6O/c1-14-12-18-23(10-11-24(18)22-14)9-8-20-19(26)17-13-21-25(15(17)2)16-6-4-3-5-7-16/h3-7,10-13H,8-9H2,1-2H3,(H,20,26). The van der Waals surface area contributed by atoms with Crippen molar-refractivity contribution >= 4 is 11.6 Å². The van der Waals surface area contributed by atoms with E-state index in [1.54, 1.807) is 10.9 Å². The zero-order valence-corrected chi connectivity index (χ0v) is 14.8. The van der Waals surface area contributed by atoms with Crippen LogP contribution in [0.2, 0.25) is 0 Å². The molecule has 0 aliphatic rings. The van der Waals surface area contributed by atoms with Gasteiger partial charge < -0.3 is 9.88 Å². The summed E-state index contributed by atoms with van der Waals surface area (Å²) >= 11 is 0. The van der Waals surface area contributed by atoms with Crippen molar-refractivity contribution in [3.8, 4) is 5.69 Å². The Bertz CT molecular complexity index is 1060. The van der Waals surface area contributed by atoms with Crippen LogP contribution in [0.25, 0.3) is 11.3 Å². The quantitative estimate of drug-likeness (QED) is 0.602. The van der Waals surface area contributed by atoms with Gasteiger partial charge in [-0.1, -0.05) is 18.2 Å². The molecule has 0 radical (unpaired) electrons. The predicted octanol–water partition coefficient (Wildman–Crippen LogP) is 2.37. The van der Waals surface area contributed by atoms with E-state index in [4.69, 9.17) is 0 Å². The van der Waals surface area contributed by atoms with Gasteiger partial charge in [-0.3, -0.25) is 4.79 Å². The molecule has 4 rings (SSSR count). The van der Waals surface area contributed by atoms with Crippen LogP contribution in [0.15, 0.2) is 55.0 Å². The lowest BCUT2D eigenvalue weighted by molar-refractivity contribution is 0.0952. The third-order valence-electron chi connectivity index (χ3n) is 4.41. The van der Waals surface area contributed by atoms with Gasteiger partial charge in [0.05, 0.1) is 28.8 Å². The molecule has 0 bridgehead atoms. The molecular formula is C19H20N6O. The van der Waals surface area contributed by atoms with Crippen LogP contribution in [0.1, 0.15) is 21.7 Å². The Morgan fingerprint density at radius 3 is 2.77 bits per heavy atom. The topological polar surface area (TPSA) is 69.2 Å². The van der Waals surface area contributed by atoms with E-state index in [1.807, 2.05) is 67.2 Å². The van der Waals surface area contributed by atoms with Gasteiger partial charge in [-0.05, 0) is 26.0 Å². The second kappa shape index (κ2) is 6.51. The Balaban J connectivity index is 1.43. The molecular weight excluding hydrogens is 328 g/mol. The first-order valence-corrected chi connectivity index (χ1v) is 8.53. The number of aryl methyl sites for hydroxylation is 1. The summed E-state index contributed by atoms with van der Waals surface area (Å²) in [6.07, 6.45) is 5.50. The van der Waals surface area contributed by atoms with E-state index in [9.17, 15) is 4.79 Å². The van der Waals surface area contributed by atoms with Gasteiger partial charge in [-0.15, -0.1) is 0 Å². The van der Waals surface area contributed by atoms with Gasteiger partial charge in [-0.2, -0.15) is 10.2 Å². The summed E-state index contributed by atoms with van der Waals surface area (Å²) in [5.41, 5.74) is 4.34. The number of nitrogens with one attached hydrogen (secondary N) is 1. The lowest BCUT2D eigenvalue weighted by atomic mass is 10.2. The molecule has 7 nitrogen and oxygen atoms in total. The zero-order valence-electron chi connectivity index (χ0n) is 14.8. The second-order valence-corrected chi connectivity index (χ2v) is 6.23. The number of para-hydroxylation sites is 1. The lowest BCUT2D eigenvalue weighted by Crippen LogP contribution is -2.27. The van der Waals surface area contributed by atoms with E-state index in [-0.39, 0.29) is 5.91 Å². The zero-order chi connectivity index (χ0) is 18.1. The molecule has 0 saturated heterocycles. The van der Waals surface area contributed by atoms with Gasteiger partial charge in [0.1, 0.15) is 5.65 Å². The van der Waals surface area contributed by atoms with Crippen molar-refractivity contribution in [2.45, 2.75) is 20.4 Å². The Labute approximate surface area is 150 Å². The number of aromatic nitrogens is 5. The van der Waals surface area contributed by atoms with Crippen molar-refractivity contribution < 1.29 is 4.79 Å². The summed E-state index contributed by atoms with van der Waals surface area (Å²) in [6.45, 7) is 5.08. The molecule has 1 N–H and O–H groups in total. The molecule has 0 spiro atoms. The van der Waals surface area contributed by atoms with E-state index in [0.717, 1.165) is 22.7 Å². The molecule has 1 amide bonds. The number of benzene rings is 1. The summed E-state index contributed by atoms with van der Waals surface area (Å²) in [6, 6.07) is 11.8. The van der Waals surface area contributed by atoms with Crippen LogP contribution in [0.4, 0.5) is 0 Å². The fourth-order valence-corrected chi connectivity index (χ4v) is 3.08. The molecule has 0 aliphatic heterocycles. The Morgan fingerprint density at radius 1 is 1.15 bits per heavy atom. The number of carbonyl (C=O) groups is 1. The molecule has 3 aromatic heterocycles. The minimum atomic E-state index is -0.113. The van der Waals surface area contributed by atoms with E-state index in [2.05, 4.69) is 20.1 Å². The minimum Gasteiger partial charge on any atom is -0.350 e. The maximum atomic E-state index is 12.5. The fraction of sp³-hybridized carbons (Fsp3) is 0.211. The highest BCUT2D eigenvalue weighted by Gasteiger charge is 2.14. The number of hydrogen-bond donors (Lipinski definition) is 1. The van der Waals surface area contributed by atoms with Crippen molar-refractivity contribution in [3.63, 3.8) is 0 Å².